The predicted molar refractivity (Wildman–Crippen MR) is 94.5 cm³/mol. The van der Waals surface area contributed by atoms with Gasteiger partial charge in [0.05, 0.1) is 6.54 Å². The van der Waals surface area contributed by atoms with E-state index in [1.807, 2.05) is 7.05 Å². The molecular formula is C19H35N3O. The third-order valence-electron chi connectivity index (χ3n) is 6.53. The van der Waals surface area contributed by atoms with Crippen molar-refractivity contribution in [3.05, 3.63) is 0 Å². The number of amides is 1. The molecule has 1 aliphatic heterocycles. The monoisotopic (exact) mass is 321 g/mol. The van der Waals surface area contributed by atoms with Crippen LogP contribution >= 0.6 is 0 Å². The highest BCUT2D eigenvalue weighted by atomic mass is 16.2. The number of hydrogen-bond acceptors (Lipinski definition) is 3. The molecule has 0 unspecified atom stereocenters. The molecule has 0 aromatic carbocycles. The van der Waals surface area contributed by atoms with Gasteiger partial charge in [0.25, 0.3) is 0 Å². The number of nitrogens with zero attached hydrogens (tertiary/aromatic N) is 3. The van der Waals surface area contributed by atoms with Crippen LogP contribution < -0.4 is 0 Å². The average molecular weight is 322 g/mol. The Labute approximate surface area is 142 Å². The average Bonchev–Trinajstić information content (AvgIpc) is 3.10. The standard InChI is InChI=1S/C19H35N3O/c1-16-7-9-17(10-8-16)20(2)19(23)15-21-11-13-22(14-12-21)18-5-3-4-6-18/h16-18H,3-15H2,1-2H3. The van der Waals surface area contributed by atoms with Crippen molar-refractivity contribution in [3.63, 3.8) is 0 Å². The van der Waals surface area contributed by atoms with Crippen LogP contribution in [0.3, 0.4) is 0 Å². The summed E-state index contributed by atoms with van der Waals surface area (Å²) in [5.41, 5.74) is 0. The van der Waals surface area contributed by atoms with Crippen molar-refractivity contribution < 1.29 is 4.79 Å². The Morgan fingerprint density at radius 2 is 1.57 bits per heavy atom. The van der Waals surface area contributed by atoms with Crippen molar-refractivity contribution >= 4 is 5.91 Å². The van der Waals surface area contributed by atoms with Crippen LogP contribution in [0.25, 0.3) is 0 Å². The summed E-state index contributed by atoms with van der Waals surface area (Å²) >= 11 is 0. The second kappa shape index (κ2) is 7.98. The molecule has 2 aliphatic carbocycles. The maximum atomic E-state index is 12.6. The number of carbonyl (C=O) groups is 1. The Morgan fingerprint density at radius 3 is 2.17 bits per heavy atom. The van der Waals surface area contributed by atoms with E-state index >= 15 is 0 Å². The van der Waals surface area contributed by atoms with Crippen molar-refractivity contribution in [3.8, 4) is 0 Å². The van der Waals surface area contributed by atoms with E-state index in [2.05, 4.69) is 21.6 Å². The predicted octanol–water partition coefficient (Wildman–Crippen LogP) is 2.58. The molecule has 1 amide bonds. The molecule has 0 atom stereocenters. The van der Waals surface area contributed by atoms with E-state index in [0.29, 0.717) is 18.5 Å². The van der Waals surface area contributed by atoms with Crippen LogP contribution in [0.15, 0.2) is 0 Å². The fourth-order valence-electron chi connectivity index (χ4n) is 4.69. The molecule has 0 aromatic rings. The molecular weight excluding hydrogens is 286 g/mol. The minimum atomic E-state index is 0.332. The lowest BCUT2D eigenvalue weighted by molar-refractivity contribution is -0.134. The van der Waals surface area contributed by atoms with Crippen LogP contribution in [-0.2, 0) is 4.79 Å². The van der Waals surface area contributed by atoms with Gasteiger partial charge in [-0.1, -0.05) is 19.8 Å². The molecule has 0 spiro atoms. The van der Waals surface area contributed by atoms with Crippen LogP contribution in [0.2, 0.25) is 0 Å². The molecule has 132 valence electrons. The number of likely N-dealkylation sites (N-methyl/N-ethyl adjacent to an activating group) is 1. The maximum Gasteiger partial charge on any atom is 0.236 e. The molecule has 3 fully saturated rings. The van der Waals surface area contributed by atoms with Gasteiger partial charge in [-0.05, 0) is 44.4 Å². The Balaban J connectivity index is 1.40. The van der Waals surface area contributed by atoms with Crippen molar-refractivity contribution in [2.45, 2.75) is 70.4 Å². The molecule has 4 heteroatoms. The number of piperazine rings is 1. The third-order valence-corrected chi connectivity index (χ3v) is 6.53. The number of rotatable bonds is 4. The van der Waals surface area contributed by atoms with Crippen LogP contribution in [0.1, 0.15) is 58.3 Å². The Hall–Kier alpha value is -0.610. The van der Waals surface area contributed by atoms with Gasteiger partial charge >= 0.3 is 0 Å². The number of hydrogen-bond donors (Lipinski definition) is 0. The summed E-state index contributed by atoms with van der Waals surface area (Å²) in [6.07, 6.45) is 10.5. The van der Waals surface area contributed by atoms with E-state index < -0.39 is 0 Å². The zero-order valence-corrected chi connectivity index (χ0v) is 15.2. The fourth-order valence-corrected chi connectivity index (χ4v) is 4.69. The largest absolute Gasteiger partial charge is 0.342 e. The molecule has 4 nitrogen and oxygen atoms in total. The van der Waals surface area contributed by atoms with Gasteiger partial charge in [0.2, 0.25) is 5.91 Å². The van der Waals surface area contributed by atoms with Crippen molar-refractivity contribution in [1.29, 1.82) is 0 Å². The summed E-state index contributed by atoms with van der Waals surface area (Å²) in [4.78, 5) is 19.7. The van der Waals surface area contributed by atoms with E-state index in [9.17, 15) is 4.79 Å². The van der Waals surface area contributed by atoms with Crippen molar-refractivity contribution in [2.75, 3.05) is 39.8 Å². The lowest BCUT2D eigenvalue weighted by atomic mass is 9.87. The van der Waals surface area contributed by atoms with Crippen LogP contribution in [0, 0.1) is 5.92 Å². The minimum absolute atomic E-state index is 0.332. The van der Waals surface area contributed by atoms with E-state index in [-0.39, 0.29) is 0 Å². The molecule has 0 N–H and O–H groups in total. The quantitative estimate of drug-likeness (QED) is 0.796. The number of carbonyl (C=O) groups excluding carboxylic acids is 1. The molecule has 3 rings (SSSR count). The Bertz CT molecular complexity index is 378. The van der Waals surface area contributed by atoms with Gasteiger partial charge in [-0.25, -0.2) is 0 Å². The molecule has 0 radical (unpaired) electrons. The van der Waals surface area contributed by atoms with Gasteiger partial charge in [0.15, 0.2) is 0 Å². The Morgan fingerprint density at radius 1 is 0.957 bits per heavy atom. The van der Waals surface area contributed by atoms with E-state index in [4.69, 9.17) is 0 Å². The topological polar surface area (TPSA) is 26.8 Å². The first-order valence-corrected chi connectivity index (χ1v) is 9.85. The van der Waals surface area contributed by atoms with Gasteiger partial charge in [0.1, 0.15) is 0 Å². The van der Waals surface area contributed by atoms with E-state index in [0.717, 1.165) is 38.1 Å². The molecule has 2 saturated carbocycles. The normalized spacial score (nSPS) is 31.4. The van der Waals surface area contributed by atoms with Gasteiger partial charge in [-0.2, -0.15) is 0 Å². The van der Waals surface area contributed by atoms with Crippen LogP contribution in [-0.4, -0.2) is 72.5 Å². The summed E-state index contributed by atoms with van der Waals surface area (Å²) in [7, 11) is 2.03. The summed E-state index contributed by atoms with van der Waals surface area (Å²) in [6.45, 7) is 7.41. The Kier molecular flexibility index (Phi) is 5.97. The molecule has 1 heterocycles. The molecule has 0 bridgehead atoms. The fraction of sp³-hybridized carbons (Fsp3) is 0.947. The van der Waals surface area contributed by atoms with Gasteiger partial charge in [-0.3, -0.25) is 14.6 Å². The van der Waals surface area contributed by atoms with E-state index in [1.54, 1.807) is 0 Å². The first kappa shape index (κ1) is 17.2. The van der Waals surface area contributed by atoms with Gasteiger partial charge < -0.3 is 4.90 Å². The van der Waals surface area contributed by atoms with Crippen molar-refractivity contribution in [2.24, 2.45) is 5.92 Å². The van der Waals surface area contributed by atoms with Crippen LogP contribution in [0.5, 0.6) is 0 Å². The first-order chi connectivity index (χ1) is 11.1. The molecule has 23 heavy (non-hydrogen) atoms. The van der Waals surface area contributed by atoms with Gasteiger partial charge in [-0.15, -0.1) is 0 Å². The lowest BCUT2D eigenvalue weighted by Crippen LogP contribution is -2.52. The molecule has 3 aliphatic rings. The summed E-state index contributed by atoms with van der Waals surface area (Å²) < 4.78 is 0. The van der Waals surface area contributed by atoms with E-state index in [1.165, 1.54) is 51.4 Å². The van der Waals surface area contributed by atoms with Crippen LogP contribution in [0.4, 0.5) is 0 Å². The lowest BCUT2D eigenvalue weighted by Gasteiger charge is -2.39. The summed E-state index contributed by atoms with van der Waals surface area (Å²) in [5.74, 6) is 1.18. The first-order valence-electron chi connectivity index (χ1n) is 9.85. The zero-order valence-electron chi connectivity index (χ0n) is 15.2. The van der Waals surface area contributed by atoms with Gasteiger partial charge in [0, 0.05) is 45.3 Å². The smallest absolute Gasteiger partial charge is 0.236 e. The molecule has 0 aromatic heterocycles. The maximum absolute atomic E-state index is 12.6. The summed E-state index contributed by atoms with van der Waals surface area (Å²) in [6, 6.07) is 1.32. The molecule has 1 saturated heterocycles. The third kappa shape index (κ3) is 4.48. The SMILES string of the molecule is CC1CCC(N(C)C(=O)CN2CCN(C3CCCC3)CC2)CC1. The van der Waals surface area contributed by atoms with Crippen molar-refractivity contribution in [1.82, 2.24) is 14.7 Å². The summed E-state index contributed by atoms with van der Waals surface area (Å²) in [5, 5.41) is 0. The second-order valence-electron chi connectivity index (χ2n) is 8.17. The minimum Gasteiger partial charge on any atom is -0.342 e. The zero-order chi connectivity index (χ0) is 16.2. The second-order valence-corrected chi connectivity index (χ2v) is 8.17. The highest BCUT2D eigenvalue weighted by Gasteiger charge is 2.29. The highest BCUT2D eigenvalue weighted by molar-refractivity contribution is 5.78. The highest BCUT2D eigenvalue weighted by Crippen LogP contribution is 2.27.